The van der Waals surface area contributed by atoms with Crippen molar-refractivity contribution in [3.8, 4) is 5.75 Å². The molecule has 0 aromatic heterocycles. The van der Waals surface area contributed by atoms with Crippen LogP contribution in [0.4, 0.5) is 0 Å². The number of benzene rings is 1. The number of hydrogen-bond donors (Lipinski definition) is 2. The number of aliphatic hydroxyl groups is 2. The van der Waals surface area contributed by atoms with E-state index in [1.54, 1.807) is 0 Å². The van der Waals surface area contributed by atoms with Crippen molar-refractivity contribution in [2.24, 2.45) is 0 Å². The second kappa shape index (κ2) is 16.0. The molecule has 1 rings (SSSR count). The minimum Gasteiger partial charge on any atom is -0.491 e. The lowest BCUT2D eigenvalue weighted by molar-refractivity contribution is 0.0896. The van der Waals surface area contributed by atoms with Gasteiger partial charge in [0.2, 0.25) is 0 Å². The van der Waals surface area contributed by atoms with Gasteiger partial charge in [-0.1, -0.05) is 44.4 Å². The first-order valence-corrected chi connectivity index (χ1v) is 7.32. The molecule has 0 aliphatic heterocycles. The fourth-order valence-electron chi connectivity index (χ4n) is 1.48. The van der Waals surface area contributed by atoms with Crippen LogP contribution < -0.4 is 4.74 Å². The molecule has 0 aliphatic rings. The van der Waals surface area contributed by atoms with Crippen molar-refractivity contribution in [2.45, 2.75) is 32.6 Å². The highest BCUT2D eigenvalue weighted by molar-refractivity contribution is 5.20. The Bertz CT molecular complexity index is 269. The number of hydrogen-bond acceptors (Lipinski definition) is 4. The summed E-state index contributed by atoms with van der Waals surface area (Å²) in [7, 11) is 0. The van der Waals surface area contributed by atoms with E-state index < -0.39 is 0 Å². The Hall–Kier alpha value is -1.10. The van der Waals surface area contributed by atoms with Gasteiger partial charge in [-0.15, -0.1) is 0 Å². The summed E-state index contributed by atoms with van der Waals surface area (Å²) in [6.45, 7) is 4.06. The highest BCUT2D eigenvalue weighted by atomic mass is 16.5. The van der Waals surface area contributed by atoms with Crippen LogP contribution >= 0.6 is 0 Å². The summed E-state index contributed by atoms with van der Waals surface area (Å²) in [5, 5.41) is 16.7. The van der Waals surface area contributed by atoms with E-state index in [1.165, 1.54) is 19.3 Å². The van der Waals surface area contributed by atoms with Gasteiger partial charge >= 0.3 is 0 Å². The molecular weight excluding hydrogens is 256 g/mol. The van der Waals surface area contributed by atoms with E-state index in [4.69, 9.17) is 19.7 Å². The average Bonchev–Trinajstić information content (AvgIpc) is 2.50. The summed E-state index contributed by atoms with van der Waals surface area (Å²) < 4.78 is 10.2. The van der Waals surface area contributed by atoms with Crippen molar-refractivity contribution >= 4 is 0 Å². The Kier molecular flexibility index (Phi) is 15.1. The molecule has 0 fully saturated rings. The maximum atomic E-state index is 8.40. The summed E-state index contributed by atoms with van der Waals surface area (Å²) in [5.41, 5.74) is 0. The molecular formula is C16H28O4. The number of unbranched alkanes of at least 4 members (excludes halogenated alkanes) is 3. The molecule has 0 heterocycles. The maximum absolute atomic E-state index is 8.40. The Morgan fingerprint density at radius 2 is 1.55 bits per heavy atom. The van der Waals surface area contributed by atoms with E-state index in [1.807, 2.05) is 30.3 Å². The predicted octanol–water partition coefficient (Wildman–Crippen LogP) is 2.63. The molecule has 0 atom stereocenters. The zero-order valence-electron chi connectivity index (χ0n) is 12.5. The van der Waals surface area contributed by atoms with Gasteiger partial charge in [0.15, 0.2) is 0 Å². The number of aliphatic hydroxyl groups excluding tert-OH is 2. The largest absolute Gasteiger partial charge is 0.491 e. The molecule has 0 aliphatic carbocycles. The molecule has 4 heteroatoms. The highest BCUT2D eigenvalue weighted by Gasteiger charge is 1.87. The van der Waals surface area contributed by atoms with Crippen LogP contribution in [0.3, 0.4) is 0 Å². The van der Waals surface area contributed by atoms with E-state index in [0.717, 1.165) is 18.8 Å². The van der Waals surface area contributed by atoms with Crippen LogP contribution in [0, 0.1) is 0 Å². The summed E-state index contributed by atoms with van der Waals surface area (Å²) in [6.07, 6.45) is 4.94. The summed E-state index contributed by atoms with van der Waals surface area (Å²) in [4.78, 5) is 0. The van der Waals surface area contributed by atoms with Gasteiger partial charge in [-0.05, 0) is 18.6 Å². The van der Waals surface area contributed by atoms with E-state index in [9.17, 15) is 0 Å². The molecule has 4 nitrogen and oxygen atoms in total. The molecule has 1 aromatic rings. The van der Waals surface area contributed by atoms with Gasteiger partial charge in [0.25, 0.3) is 0 Å². The third kappa shape index (κ3) is 13.3. The van der Waals surface area contributed by atoms with Crippen molar-refractivity contribution in [1.82, 2.24) is 0 Å². The molecule has 2 N–H and O–H groups in total. The van der Waals surface area contributed by atoms with Crippen LogP contribution in [-0.4, -0.2) is 43.2 Å². The van der Waals surface area contributed by atoms with Gasteiger partial charge in [0, 0.05) is 6.61 Å². The second-order valence-corrected chi connectivity index (χ2v) is 4.28. The van der Waals surface area contributed by atoms with Crippen LogP contribution in [0.15, 0.2) is 30.3 Å². The smallest absolute Gasteiger partial charge is 0.119 e. The first-order valence-electron chi connectivity index (χ1n) is 7.32. The van der Waals surface area contributed by atoms with E-state index in [-0.39, 0.29) is 13.2 Å². The lowest BCUT2D eigenvalue weighted by Crippen LogP contribution is -2.00. The first kappa shape index (κ1) is 18.9. The minimum atomic E-state index is 0.0644. The fourth-order valence-corrected chi connectivity index (χ4v) is 1.48. The molecule has 0 saturated carbocycles. The van der Waals surface area contributed by atoms with Gasteiger partial charge in [0.05, 0.1) is 19.8 Å². The Labute approximate surface area is 122 Å². The van der Waals surface area contributed by atoms with Crippen molar-refractivity contribution < 1.29 is 19.7 Å². The zero-order chi connectivity index (χ0) is 14.9. The van der Waals surface area contributed by atoms with Gasteiger partial charge in [0.1, 0.15) is 12.4 Å². The van der Waals surface area contributed by atoms with E-state index >= 15 is 0 Å². The van der Waals surface area contributed by atoms with Crippen molar-refractivity contribution in [2.75, 3.05) is 33.0 Å². The molecule has 0 amide bonds. The Balaban J connectivity index is 0.000000361. The van der Waals surface area contributed by atoms with Crippen LogP contribution in [-0.2, 0) is 4.74 Å². The molecule has 20 heavy (non-hydrogen) atoms. The first-order chi connectivity index (χ1) is 9.85. The van der Waals surface area contributed by atoms with Gasteiger partial charge in [-0.3, -0.25) is 0 Å². The number of ether oxygens (including phenoxy) is 2. The monoisotopic (exact) mass is 284 g/mol. The molecule has 1 aromatic carbocycles. The van der Waals surface area contributed by atoms with Crippen LogP contribution in [0.25, 0.3) is 0 Å². The molecule has 0 radical (unpaired) electrons. The van der Waals surface area contributed by atoms with Crippen molar-refractivity contribution in [3.05, 3.63) is 30.3 Å². The van der Waals surface area contributed by atoms with Crippen molar-refractivity contribution in [3.63, 3.8) is 0 Å². The summed E-state index contributed by atoms with van der Waals surface area (Å²) in [6, 6.07) is 9.43. The molecule has 0 unspecified atom stereocenters. The molecule has 0 spiro atoms. The third-order valence-corrected chi connectivity index (χ3v) is 2.48. The topological polar surface area (TPSA) is 58.9 Å². The highest BCUT2D eigenvalue weighted by Crippen LogP contribution is 2.07. The summed E-state index contributed by atoms with van der Waals surface area (Å²) in [5.74, 6) is 0.802. The minimum absolute atomic E-state index is 0.0644. The molecule has 116 valence electrons. The van der Waals surface area contributed by atoms with Gasteiger partial charge < -0.3 is 19.7 Å². The van der Waals surface area contributed by atoms with E-state index in [2.05, 4.69) is 6.92 Å². The van der Waals surface area contributed by atoms with Gasteiger partial charge in [-0.25, -0.2) is 0 Å². The number of para-hydroxylation sites is 1. The van der Waals surface area contributed by atoms with Crippen LogP contribution in [0.2, 0.25) is 0 Å². The number of rotatable bonds is 10. The summed E-state index contributed by atoms with van der Waals surface area (Å²) >= 11 is 0. The Morgan fingerprint density at radius 1 is 0.850 bits per heavy atom. The normalized spacial score (nSPS) is 9.75. The predicted molar refractivity (Wildman–Crippen MR) is 81.1 cm³/mol. The molecule has 0 bridgehead atoms. The maximum Gasteiger partial charge on any atom is 0.119 e. The van der Waals surface area contributed by atoms with E-state index in [0.29, 0.717) is 13.2 Å². The standard InChI is InChI=1S/C8H10O2.C8H18O2/c9-6-7-10-8-4-2-1-3-5-8;1-2-3-4-5-7-10-8-6-9/h1-5,9H,6-7H2;9H,2-8H2,1H3. The van der Waals surface area contributed by atoms with Gasteiger partial charge in [-0.2, -0.15) is 0 Å². The van der Waals surface area contributed by atoms with Crippen molar-refractivity contribution in [1.29, 1.82) is 0 Å². The SMILES string of the molecule is CCCCCCOCCO.OCCOc1ccccc1. The Morgan fingerprint density at radius 3 is 2.15 bits per heavy atom. The van der Waals surface area contributed by atoms with Crippen LogP contribution in [0.1, 0.15) is 32.6 Å². The quantitative estimate of drug-likeness (QED) is 0.648. The lowest BCUT2D eigenvalue weighted by Gasteiger charge is -2.01. The zero-order valence-corrected chi connectivity index (χ0v) is 12.5. The third-order valence-electron chi connectivity index (χ3n) is 2.48. The van der Waals surface area contributed by atoms with Crippen LogP contribution in [0.5, 0.6) is 5.75 Å². The second-order valence-electron chi connectivity index (χ2n) is 4.28. The average molecular weight is 284 g/mol. The lowest BCUT2D eigenvalue weighted by atomic mass is 10.2. The molecule has 0 saturated heterocycles. The fraction of sp³-hybridized carbons (Fsp3) is 0.625.